The van der Waals surface area contributed by atoms with Crippen LogP contribution in [0, 0.1) is 0 Å². The summed E-state index contributed by atoms with van der Waals surface area (Å²) in [6, 6.07) is 0. The lowest BCUT2D eigenvalue weighted by Gasteiger charge is -2.42. The van der Waals surface area contributed by atoms with Crippen molar-refractivity contribution in [3.63, 3.8) is 0 Å². The van der Waals surface area contributed by atoms with Crippen LogP contribution in [-0.2, 0) is 4.74 Å². The molecule has 1 heterocycles. The molecule has 1 saturated heterocycles. The van der Waals surface area contributed by atoms with Crippen molar-refractivity contribution in [3.8, 4) is 0 Å². The van der Waals surface area contributed by atoms with Crippen LogP contribution in [0.5, 0.6) is 0 Å². The Bertz CT molecular complexity index is 506. The number of hydrogen-bond acceptors (Lipinski definition) is 3. The second-order valence-electron chi connectivity index (χ2n) is 5.08. The summed E-state index contributed by atoms with van der Waals surface area (Å²) in [5, 5.41) is 0. The van der Waals surface area contributed by atoms with Crippen LogP contribution >= 0.6 is 0 Å². The number of carbonyl (C=O) groups excluding carboxylic acids is 1. The normalized spacial score (nSPS) is 31.1. The molecular weight excluding hydrogens is 261 g/mol. The molecule has 19 heavy (non-hydrogen) atoms. The van der Waals surface area contributed by atoms with Crippen LogP contribution in [0.2, 0.25) is 0 Å². The molecule has 7 heteroatoms. The number of halogens is 3. The quantitative estimate of drug-likeness (QED) is 0.743. The van der Waals surface area contributed by atoms with Crippen molar-refractivity contribution in [1.29, 1.82) is 0 Å². The van der Waals surface area contributed by atoms with Gasteiger partial charge in [-0.25, -0.2) is 4.79 Å². The highest BCUT2D eigenvalue weighted by Crippen LogP contribution is 2.23. The fourth-order valence-corrected chi connectivity index (χ4v) is 1.27. The number of carbonyl (C=O) groups is 1. The largest absolute Gasteiger partial charge is 0.437 e. The standard InChI is InChI=1S/C12H21F3N2O2/c1-9(12(13,14)15)19-10(18)16-5-7-17(8-6-16)11(2,3)4/h9H,5-8H2,1-4H3/i5D2,8D2,9D. The van der Waals surface area contributed by atoms with Gasteiger partial charge in [-0.3, -0.25) is 4.90 Å². The predicted molar refractivity (Wildman–Crippen MR) is 64.9 cm³/mol. The van der Waals surface area contributed by atoms with E-state index in [1.165, 1.54) is 4.90 Å². The van der Waals surface area contributed by atoms with E-state index < -0.39 is 50.0 Å². The maximum atomic E-state index is 12.7. The summed E-state index contributed by atoms with van der Waals surface area (Å²) in [4.78, 5) is 13.4. The molecule has 1 unspecified atom stereocenters. The average Bonchev–Trinajstić information content (AvgIpc) is 2.28. The SMILES string of the molecule is [2H]C1([2H])CN(C(C)(C)C)C([2H])([2H])CN1C(=O)OC([2H])(C)C(F)(F)F. The van der Waals surface area contributed by atoms with E-state index in [4.69, 9.17) is 6.85 Å². The van der Waals surface area contributed by atoms with Gasteiger partial charge in [-0.05, 0) is 27.7 Å². The van der Waals surface area contributed by atoms with Crippen LogP contribution in [0.25, 0.3) is 0 Å². The van der Waals surface area contributed by atoms with Crippen molar-refractivity contribution in [2.75, 3.05) is 26.1 Å². The molecule has 1 fully saturated rings. The van der Waals surface area contributed by atoms with E-state index in [1.807, 2.05) is 0 Å². The van der Waals surface area contributed by atoms with Crippen molar-refractivity contribution in [3.05, 3.63) is 0 Å². The second-order valence-corrected chi connectivity index (χ2v) is 5.08. The van der Waals surface area contributed by atoms with E-state index in [0.29, 0.717) is 6.92 Å². The van der Waals surface area contributed by atoms with Gasteiger partial charge < -0.3 is 9.64 Å². The Balaban J connectivity index is 3.08. The fraction of sp³-hybridized carbons (Fsp3) is 0.917. The highest BCUT2D eigenvalue weighted by molar-refractivity contribution is 5.68. The zero-order valence-electron chi connectivity index (χ0n) is 16.3. The minimum atomic E-state index is -5.17. The molecule has 0 radical (unpaired) electrons. The van der Waals surface area contributed by atoms with Gasteiger partial charge in [-0.2, -0.15) is 13.2 Å². The van der Waals surface area contributed by atoms with Crippen LogP contribution < -0.4 is 0 Å². The number of amides is 1. The molecule has 1 amide bonds. The summed E-state index contributed by atoms with van der Waals surface area (Å²) >= 11 is 0. The average molecular weight is 287 g/mol. The van der Waals surface area contributed by atoms with Crippen LogP contribution in [-0.4, -0.2) is 59.8 Å². The molecule has 112 valence electrons. The summed E-state index contributed by atoms with van der Waals surface area (Å²) < 4.78 is 81.0. The number of hydrogen-bond donors (Lipinski definition) is 0. The Labute approximate surface area is 118 Å². The molecule has 0 N–H and O–H groups in total. The highest BCUT2D eigenvalue weighted by atomic mass is 19.4. The molecule has 1 atom stereocenters. The minimum Gasteiger partial charge on any atom is -0.437 e. The van der Waals surface area contributed by atoms with Crippen molar-refractivity contribution in [2.24, 2.45) is 0 Å². The molecule has 0 spiro atoms. The van der Waals surface area contributed by atoms with Gasteiger partial charge >= 0.3 is 12.3 Å². The molecule has 0 aromatic rings. The summed E-state index contributed by atoms with van der Waals surface area (Å²) in [5.74, 6) is 0. The molecule has 0 saturated carbocycles. The van der Waals surface area contributed by atoms with Gasteiger partial charge in [0.1, 0.15) is 0 Å². The lowest BCUT2D eigenvalue weighted by atomic mass is 10.1. The highest BCUT2D eigenvalue weighted by Gasteiger charge is 2.40. The predicted octanol–water partition coefficient (Wildman–Crippen LogP) is 2.49. The van der Waals surface area contributed by atoms with Gasteiger partial charge in [0, 0.05) is 34.4 Å². The number of alkyl halides is 3. The van der Waals surface area contributed by atoms with Gasteiger partial charge in [0.2, 0.25) is 0 Å². The second kappa shape index (κ2) is 5.56. The van der Waals surface area contributed by atoms with E-state index in [9.17, 15) is 18.0 Å². The molecule has 1 rings (SSSR count). The summed E-state index contributed by atoms with van der Waals surface area (Å²) in [7, 11) is 0. The molecule has 1 aliphatic rings. The van der Waals surface area contributed by atoms with Gasteiger partial charge in [0.25, 0.3) is 0 Å². The third kappa shape index (κ3) is 4.56. The minimum absolute atomic E-state index is 0.258. The monoisotopic (exact) mass is 287 g/mol. The maximum absolute atomic E-state index is 12.7. The van der Waals surface area contributed by atoms with Crippen LogP contribution in [0.4, 0.5) is 18.0 Å². The van der Waals surface area contributed by atoms with E-state index >= 15 is 0 Å². The smallest absolute Gasteiger partial charge is 0.425 e. The molecule has 4 nitrogen and oxygen atoms in total. The summed E-state index contributed by atoms with van der Waals surface area (Å²) in [6.07, 6.45) is -10.5. The Morgan fingerprint density at radius 2 is 1.89 bits per heavy atom. The van der Waals surface area contributed by atoms with Gasteiger partial charge in [0.15, 0.2) is 6.08 Å². The molecule has 0 aromatic carbocycles. The van der Waals surface area contributed by atoms with Gasteiger partial charge in [-0.1, -0.05) is 0 Å². The Morgan fingerprint density at radius 1 is 1.32 bits per heavy atom. The number of nitrogens with zero attached hydrogens (tertiary/aromatic N) is 2. The summed E-state index contributed by atoms with van der Waals surface area (Å²) in [6.45, 7) is -0.751. The molecule has 0 aliphatic carbocycles. The van der Waals surface area contributed by atoms with Crippen molar-refractivity contribution >= 4 is 6.09 Å². The first-order valence-electron chi connectivity index (χ1n) is 8.16. The lowest BCUT2D eigenvalue weighted by molar-refractivity contribution is -0.200. The van der Waals surface area contributed by atoms with E-state index in [1.54, 1.807) is 20.8 Å². The lowest BCUT2D eigenvalue weighted by Crippen LogP contribution is -2.55. The van der Waals surface area contributed by atoms with Crippen molar-refractivity contribution in [2.45, 2.75) is 45.5 Å². The van der Waals surface area contributed by atoms with E-state index in [0.717, 1.165) is 0 Å². The number of ether oxygens (including phenoxy) is 1. The van der Waals surface area contributed by atoms with E-state index in [2.05, 4.69) is 4.74 Å². The Kier molecular flexibility index (Phi) is 2.88. The molecule has 1 aliphatic heterocycles. The maximum Gasteiger partial charge on any atom is 0.425 e. The number of rotatable bonds is 1. The Hall–Kier alpha value is -0.980. The molecule has 0 aromatic heterocycles. The first kappa shape index (κ1) is 9.85. The molecule has 0 bridgehead atoms. The zero-order valence-corrected chi connectivity index (χ0v) is 11.3. The Morgan fingerprint density at radius 3 is 2.37 bits per heavy atom. The number of piperazine rings is 1. The summed E-state index contributed by atoms with van der Waals surface area (Å²) in [5.41, 5.74) is -0.775. The van der Waals surface area contributed by atoms with E-state index in [-0.39, 0.29) is 4.90 Å². The van der Waals surface area contributed by atoms with Crippen molar-refractivity contribution < 1.29 is 29.6 Å². The topological polar surface area (TPSA) is 32.8 Å². The first-order chi connectivity index (χ1) is 10.3. The van der Waals surface area contributed by atoms with Crippen LogP contribution in [0.1, 0.15) is 34.5 Å². The van der Waals surface area contributed by atoms with Crippen molar-refractivity contribution in [1.82, 2.24) is 9.80 Å². The molecular formula is C12H21F3N2O2. The zero-order chi connectivity index (χ0) is 19.4. The van der Waals surface area contributed by atoms with Crippen LogP contribution in [0.3, 0.4) is 0 Å². The van der Waals surface area contributed by atoms with Gasteiger partial charge in [0.05, 0.1) is 4.11 Å². The first-order valence-corrected chi connectivity index (χ1v) is 5.66. The third-order valence-corrected chi connectivity index (χ3v) is 2.51. The van der Waals surface area contributed by atoms with Gasteiger partial charge in [-0.15, -0.1) is 0 Å². The van der Waals surface area contributed by atoms with Crippen LogP contribution in [0.15, 0.2) is 0 Å². The fourth-order valence-electron chi connectivity index (χ4n) is 1.27. The third-order valence-electron chi connectivity index (χ3n) is 2.51.